The molecule has 2 aromatic heterocycles. The minimum atomic E-state index is -1.59. The van der Waals surface area contributed by atoms with E-state index < -0.39 is 60.2 Å². The van der Waals surface area contributed by atoms with Gasteiger partial charge in [0.1, 0.15) is 18.1 Å². The van der Waals surface area contributed by atoms with Crippen LogP contribution in [0, 0.1) is 0 Å². The highest BCUT2D eigenvalue weighted by molar-refractivity contribution is 5.95. The van der Waals surface area contributed by atoms with Crippen molar-refractivity contribution in [2.75, 3.05) is 6.54 Å². The fourth-order valence-electron chi connectivity index (χ4n) is 3.75. The fourth-order valence-corrected chi connectivity index (χ4v) is 3.75. The molecule has 1 saturated heterocycles. The van der Waals surface area contributed by atoms with Crippen molar-refractivity contribution in [2.45, 2.75) is 56.3 Å². The summed E-state index contributed by atoms with van der Waals surface area (Å²) in [6.45, 7) is 0.666. The molecule has 1 aliphatic heterocycles. The van der Waals surface area contributed by atoms with Crippen LogP contribution in [0.1, 0.15) is 30.7 Å². The maximum Gasteiger partial charge on any atom is 0.326 e. The Morgan fingerprint density at radius 2 is 1.47 bits per heavy atom. The van der Waals surface area contributed by atoms with Crippen LogP contribution in [-0.4, -0.2) is 90.5 Å². The third-order valence-corrected chi connectivity index (χ3v) is 5.59. The van der Waals surface area contributed by atoms with Crippen LogP contribution in [0.5, 0.6) is 0 Å². The molecule has 0 spiro atoms. The van der Waals surface area contributed by atoms with Crippen molar-refractivity contribution >= 4 is 29.7 Å². The zero-order valence-corrected chi connectivity index (χ0v) is 19.2. The number of aliphatic carboxylic acids is 2. The van der Waals surface area contributed by atoms with Crippen molar-refractivity contribution in [3.8, 4) is 0 Å². The molecule has 0 radical (unpaired) electrons. The molecule has 15 heteroatoms. The summed E-state index contributed by atoms with van der Waals surface area (Å²) in [5.74, 6) is -4.96. The average Bonchev–Trinajstić information content (AvgIpc) is 3.61. The summed E-state index contributed by atoms with van der Waals surface area (Å²) in [6, 6.07) is -4.62. The minimum Gasteiger partial charge on any atom is -0.481 e. The third kappa shape index (κ3) is 7.63. The molecule has 1 aliphatic rings. The maximum absolute atomic E-state index is 13.1. The van der Waals surface area contributed by atoms with E-state index in [1.165, 1.54) is 25.0 Å². The normalized spacial score (nSPS) is 17.5. The highest BCUT2D eigenvalue weighted by Crippen LogP contribution is 2.08. The number of rotatable bonds is 13. The lowest BCUT2D eigenvalue weighted by Gasteiger charge is -2.24. The molecule has 3 heterocycles. The number of carbonyl (C=O) groups excluding carboxylic acids is 3. The van der Waals surface area contributed by atoms with Crippen LogP contribution in [0.15, 0.2) is 25.0 Å². The Morgan fingerprint density at radius 1 is 0.889 bits per heavy atom. The second-order valence-electron chi connectivity index (χ2n) is 8.33. The number of imidazole rings is 2. The van der Waals surface area contributed by atoms with Gasteiger partial charge in [0.05, 0.1) is 25.1 Å². The lowest BCUT2D eigenvalue weighted by atomic mass is 10.1. The lowest BCUT2D eigenvalue weighted by Crippen LogP contribution is -2.58. The average molecular weight is 505 g/mol. The Hall–Kier alpha value is -4.27. The first-order valence-corrected chi connectivity index (χ1v) is 11.3. The highest BCUT2D eigenvalue weighted by Gasteiger charge is 2.33. The summed E-state index contributed by atoms with van der Waals surface area (Å²) >= 11 is 0. The number of aromatic nitrogens is 4. The molecule has 36 heavy (non-hydrogen) atoms. The molecule has 3 rings (SSSR count). The highest BCUT2D eigenvalue weighted by atomic mass is 16.4. The summed E-state index contributed by atoms with van der Waals surface area (Å²) < 4.78 is 0. The predicted molar refractivity (Wildman–Crippen MR) is 121 cm³/mol. The molecule has 4 atom stereocenters. The summed E-state index contributed by atoms with van der Waals surface area (Å²) in [6.07, 6.45) is 6.07. The van der Waals surface area contributed by atoms with Crippen LogP contribution >= 0.6 is 0 Å². The van der Waals surface area contributed by atoms with Gasteiger partial charge in [-0.05, 0) is 19.4 Å². The van der Waals surface area contributed by atoms with Gasteiger partial charge in [0.2, 0.25) is 17.7 Å². The van der Waals surface area contributed by atoms with Crippen LogP contribution in [0.2, 0.25) is 0 Å². The Morgan fingerprint density at radius 3 is 1.97 bits per heavy atom. The predicted octanol–water partition coefficient (Wildman–Crippen LogP) is -2.32. The summed E-state index contributed by atoms with van der Waals surface area (Å²) in [7, 11) is 0. The lowest BCUT2D eigenvalue weighted by molar-refractivity contribution is -0.143. The fraction of sp³-hybridized carbons (Fsp3) is 0.476. The summed E-state index contributed by atoms with van der Waals surface area (Å²) in [5.41, 5.74) is 0.962. The topological polar surface area (TPSA) is 231 Å². The van der Waals surface area contributed by atoms with E-state index in [0.717, 1.165) is 6.42 Å². The van der Waals surface area contributed by atoms with Gasteiger partial charge in [0.25, 0.3) is 0 Å². The Labute approximate surface area is 204 Å². The molecule has 0 aliphatic carbocycles. The van der Waals surface area contributed by atoms with Crippen molar-refractivity contribution in [2.24, 2.45) is 0 Å². The van der Waals surface area contributed by atoms with Crippen LogP contribution in [0.25, 0.3) is 0 Å². The molecular formula is C21H28N8O7. The molecule has 1 fully saturated rings. The first-order chi connectivity index (χ1) is 17.2. The maximum atomic E-state index is 13.1. The number of carboxylic acids is 2. The van der Waals surface area contributed by atoms with Gasteiger partial charge in [0.15, 0.2) is 0 Å². The Balaban J connectivity index is 1.71. The van der Waals surface area contributed by atoms with Crippen LogP contribution in [0.4, 0.5) is 0 Å². The van der Waals surface area contributed by atoms with Crippen LogP contribution in [0.3, 0.4) is 0 Å². The smallest absolute Gasteiger partial charge is 0.326 e. The largest absolute Gasteiger partial charge is 0.481 e. The number of hydrogen-bond acceptors (Lipinski definition) is 8. The van der Waals surface area contributed by atoms with Gasteiger partial charge in [0, 0.05) is 36.6 Å². The SMILES string of the molecule is O=C(O)CC(NC(=O)C(Cc1cnc[nH]1)NC(=O)C1CCCN1)C(=O)NC(Cc1cnc[nH]1)C(=O)O. The number of carbonyl (C=O) groups is 5. The standard InChI is InChI=1S/C21H28N8O7/c30-17(31)6-15(20(34)29-16(21(35)36)5-12-8-23-10-26-12)28-19(33)14(4-11-7-22-9-25-11)27-18(32)13-2-1-3-24-13/h7-10,13-16,24H,1-6H2,(H,22,25)(H,23,26)(H,27,32)(H,28,33)(H,29,34)(H,30,31)(H,35,36). The van der Waals surface area contributed by atoms with Gasteiger partial charge in [-0.2, -0.15) is 0 Å². The van der Waals surface area contributed by atoms with Gasteiger partial charge >= 0.3 is 11.9 Å². The van der Waals surface area contributed by atoms with Crippen LogP contribution < -0.4 is 21.3 Å². The van der Waals surface area contributed by atoms with Gasteiger partial charge in [-0.3, -0.25) is 19.2 Å². The molecule has 0 aromatic carbocycles. The molecule has 4 unspecified atom stereocenters. The van der Waals surface area contributed by atoms with Gasteiger partial charge in [-0.25, -0.2) is 14.8 Å². The Bertz CT molecular complexity index is 1050. The van der Waals surface area contributed by atoms with E-state index in [4.69, 9.17) is 0 Å². The van der Waals surface area contributed by atoms with E-state index in [9.17, 15) is 34.2 Å². The monoisotopic (exact) mass is 504 g/mol. The number of hydrogen-bond donors (Lipinski definition) is 8. The number of nitrogens with zero attached hydrogens (tertiary/aromatic N) is 2. The first kappa shape index (κ1) is 26.3. The van der Waals surface area contributed by atoms with Gasteiger partial charge in [-0.15, -0.1) is 0 Å². The van der Waals surface area contributed by atoms with Crippen LogP contribution in [-0.2, 0) is 36.8 Å². The van der Waals surface area contributed by atoms with Crippen molar-refractivity contribution in [1.29, 1.82) is 0 Å². The molecule has 2 aromatic rings. The molecule has 3 amide bonds. The van der Waals surface area contributed by atoms with E-state index in [2.05, 4.69) is 41.2 Å². The second-order valence-corrected chi connectivity index (χ2v) is 8.33. The third-order valence-electron chi connectivity index (χ3n) is 5.59. The van der Waals surface area contributed by atoms with Crippen molar-refractivity contribution < 1.29 is 34.2 Å². The Kier molecular flexibility index (Phi) is 9.10. The number of aromatic amines is 2. The quantitative estimate of drug-likeness (QED) is 0.145. The van der Waals surface area contributed by atoms with Gasteiger partial charge in [-0.1, -0.05) is 0 Å². The number of H-pyrrole nitrogens is 2. The number of amides is 3. The number of nitrogens with one attached hydrogen (secondary N) is 6. The molecule has 0 saturated carbocycles. The van der Waals surface area contributed by atoms with E-state index in [1.54, 1.807) is 0 Å². The number of carboxylic acid groups (broad SMARTS) is 2. The molecule has 8 N–H and O–H groups in total. The van der Waals surface area contributed by atoms with Crippen molar-refractivity contribution in [1.82, 2.24) is 41.2 Å². The summed E-state index contributed by atoms with van der Waals surface area (Å²) in [5, 5.41) is 29.0. The zero-order valence-electron chi connectivity index (χ0n) is 19.2. The molecular weight excluding hydrogens is 476 g/mol. The zero-order chi connectivity index (χ0) is 26.1. The van der Waals surface area contributed by atoms with E-state index in [1.807, 2.05) is 0 Å². The van der Waals surface area contributed by atoms with Gasteiger partial charge < -0.3 is 41.4 Å². The van der Waals surface area contributed by atoms with Crippen molar-refractivity contribution in [3.05, 3.63) is 36.4 Å². The van der Waals surface area contributed by atoms with Crippen molar-refractivity contribution in [3.63, 3.8) is 0 Å². The molecule has 0 bridgehead atoms. The first-order valence-electron chi connectivity index (χ1n) is 11.3. The van der Waals surface area contributed by atoms with E-state index in [0.29, 0.717) is 24.4 Å². The summed E-state index contributed by atoms with van der Waals surface area (Å²) in [4.78, 5) is 74.8. The van der Waals surface area contributed by atoms with E-state index in [-0.39, 0.29) is 12.8 Å². The molecule has 15 nitrogen and oxygen atoms in total. The molecule has 194 valence electrons. The van der Waals surface area contributed by atoms with E-state index >= 15 is 0 Å². The second kappa shape index (κ2) is 12.4. The minimum absolute atomic E-state index is 0.00325.